The fourth-order valence-corrected chi connectivity index (χ4v) is 0.548. The topological polar surface area (TPSA) is 18.5 Å². The predicted molar refractivity (Wildman–Crippen MR) is 34.6 cm³/mol. The second kappa shape index (κ2) is 1.70. The van der Waals surface area contributed by atoms with Gasteiger partial charge in [-0.05, 0) is 27.7 Å². The van der Waals surface area contributed by atoms with Gasteiger partial charge in [0.05, 0.1) is 11.2 Å². The summed E-state index contributed by atoms with van der Waals surface area (Å²) >= 11 is 0. The van der Waals surface area contributed by atoms with Gasteiger partial charge >= 0.3 is 0 Å². The van der Waals surface area contributed by atoms with E-state index in [9.17, 15) is 0 Å². The maximum Gasteiger partial charge on any atom is 0.210 e. The molecule has 1 fully saturated rings. The lowest BCUT2D eigenvalue weighted by atomic mass is 9.90. The lowest BCUT2D eigenvalue weighted by molar-refractivity contribution is 0.00578. The van der Waals surface area contributed by atoms with Crippen LogP contribution in [0, 0.1) is 6.79 Å². The molecule has 0 unspecified atom stereocenters. The first-order chi connectivity index (χ1) is 3.96. The molecular formula is C7H13O2. The van der Waals surface area contributed by atoms with Gasteiger partial charge in [-0.25, -0.2) is 0 Å². The highest BCUT2D eigenvalue weighted by Crippen LogP contribution is 2.36. The summed E-state index contributed by atoms with van der Waals surface area (Å²) in [6.45, 7) is 9.46. The molecule has 0 aliphatic carbocycles. The van der Waals surface area contributed by atoms with Gasteiger partial charge < -0.3 is 9.47 Å². The van der Waals surface area contributed by atoms with Gasteiger partial charge in [0.15, 0.2) is 0 Å². The van der Waals surface area contributed by atoms with E-state index in [4.69, 9.17) is 9.47 Å². The Bertz CT molecular complexity index is 102. The van der Waals surface area contributed by atoms with Crippen LogP contribution in [0.2, 0.25) is 0 Å². The van der Waals surface area contributed by atoms with Crippen LogP contribution in [0.5, 0.6) is 0 Å². The highest BCUT2D eigenvalue weighted by molar-refractivity contribution is 4.93. The summed E-state index contributed by atoms with van der Waals surface area (Å²) in [5, 5.41) is 0. The van der Waals surface area contributed by atoms with Gasteiger partial charge in [-0.2, -0.15) is 0 Å². The Balaban J connectivity index is 2.75. The Labute approximate surface area is 56.2 Å². The molecule has 0 aromatic carbocycles. The Morgan fingerprint density at radius 2 is 1.22 bits per heavy atom. The molecular weight excluding hydrogens is 116 g/mol. The van der Waals surface area contributed by atoms with E-state index in [2.05, 4.69) is 0 Å². The van der Waals surface area contributed by atoms with Crippen LogP contribution in [-0.2, 0) is 9.47 Å². The third kappa shape index (κ3) is 0.970. The molecule has 0 N–H and O–H groups in total. The number of rotatable bonds is 0. The van der Waals surface area contributed by atoms with Gasteiger partial charge in [0.1, 0.15) is 0 Å². The van der Waals surface area contributed by atoms with Crippen LogP contribution in [0.4, 0.5) is 0 Å². The third-order valence-electron chi connectivity index (χ3n) is 2.14. The lowest BCUT2D eigenvalue weighted by Gasteiger charge is -2.30. The Kier molecular flexibility index (Phi) is 1.33. The quantitative estimate of drug-likeness (QED) is 0.495. The molecule has 1 aliphatic rings. The van der Waals surface area contributed by atoms with E-state index in [0.717, 1.165) is 0 Å². The Morgan fingerprint density at radius 3 is 1.33 bits per heavy atom. The monoisotopic (exact) mass is 129 g/mol. The fraction of sp³-hybridized carbons (Fsp3) is 0.857. The molecule has 9 heavy (non-hydrogen) atoms. The van der Waals surface area contributed by atoms with Crippen LogP contribution < -0.4 is 0 Å². The summed E-state index contributed by atoms with van der Waals surface area (Å²) in [5.74, 6) is 0. The van der Waals surface area contributed by atoms with E-state index in [0.29, 0.717) is 0 Å². The maximum absolute atomic E-state index is 5.21. The standard InChI is InChI=1S/C7H13O2/c1-6(2)7(3,4)9-5-8-6/h5H,1-4H3. The zero-order chi connectivity index (χ0) is 7.12. The minimum atomic E-state index is -0.188. The van der Waals surface area contributed by atoms with Gasteiger partial charge in [-0.3, -0.25) is 0 Å². The first-order valence-corrected chi connectivity index (χ1v) is 3.13. The summed E-state index contributed by atoms with van der Waals surface area (Å²) in [6, 6.07) is 0. The van der Waals surface area contributed by atoms with Crippen molar-refractivity contribution in [1.82, 2.24) is 0 Å². The van der Waals surface area contributed by atoms with Crippen molar-refractivity contribution in [3.63, 3.8) is 0 Å². The smallest absolute Gasteiger partial charge is 0.210 e. The highest BCUT2D eigenvalue weighted by Gasteiger charge is 2.44. The van der Waals surface area contributed by atoms with Gasteiger partial charge in [0, 0.05) is 0 Å². The van der Waals surface area contributed by atoms with Crippen LogP contribution in [0.25, 0.3) is 0 Å². The predicted octanol–water partition coefficient (Wildman–Crippen LogP) is 1.71. The average Bonchev–Trinajstić information content (AvgIpc) is 1.81. The fourth-order valence-electron chi connectivity index (χ4n) is 0.548. The maximum atomic E-state index is 5.21. The highest BCUT2D eigenvalue weighted by atomic mass is 16.7. The largest absolute Gasteiger partial charge is 0.339 e. The Hall–Kier alpha value is -0.0800. The molecule has 2 heteroatoms. The summed E-state index contributed by atoms with van der Waals surface area (Å²) < 4.78 is 10.4. The average molecular weight is 129 g/mol. The summed E-state index contributed by atoms with van der Waals surface area (Å²) in [7, 11) is 0. The minimum Gasteiger partial charge on any atom is -0.339 e. The number of hydrogen-bond acceptors (Lipinski definition) is 2. The summed E-state index contributed by atoms with van der Waals surface area (Å²) in [6.07, 6.45) is 0. The molecule has 1 heterocycles. The van der Waals surface area contributed by atoms with E-state index in [1.54, 1.807) is 0 Å². The van der Waals surface area contributed by atoms with E-state index in [1.165, 1.54) is 6.79 Å². The zero-order valence-electron chi connectivity index (χ0n) is 6.39. The second-order valence-corrected chi connectivity index (χ2v) is 3.35. The van der Waals surface area contributed by atoms with Crippen LogP contribution >= 0.6 is 0 Å². The Morgan fingerprint density at radius 1 is 0.889 bits per heavy atom. The second-order valence-electron chi connectivity index (χ2n) is 3.35. The number of ether oxygens (including phenoxy) is 2. The van der Waals surface area contributed by atoms with Gasteiger partial charge in [0.2, 0.25) is 6.79 Å². The molecule has 53 valence electrons. The molecule has 0 aromatic rings. The summed E-state index contributed by atoms with van der Waals surface area (Å²) in [5.41, 5.74) is -0.375. The molecule has 0 saturated carbocycles. The zero-order valence-corrected chi connectivity index (χ0v) is 6.39. The van der Waals surface area contributed by atoms with Gasteiger partial charge in [-0.15, -0.1) is 0 Å². The van der Waals surface area contributed by atoms with Crippen LogP contribution in [-0.4, -0.2) is 11.2 Å². The van der Waals surface area contributed by atoms with Crippen LogP contribution in [0.15, 0.2) is 0 Å². The normalized spacial score (nSPS) is 30.7. The lowest BCUT2D eigenvalue weighted by Crippen LogP contribution is -2.41. The van der Waals surface area contributed by atoms with Gasteiger partial charge in [-0.1, -0.05) is 0 Å². The van der Waals surface area contributed by atoms with Crippen molar-refractivity contribution in [1.29, 1.82) is 0 Å². The van der Waals surface area contributed by atoms with Gasteiger partial charge in [0.25, 0.3) is 0 Å². The molecule has 0 spiro atoms. The minimum absolute atomic E-state index is 0.187. The molecule has 1 aliphatic heterocycles. The molecule has 0 aromatic heterocycles. The SMILES string of the molecule is CC1(C)O[CH]OC1(C)C. The molecule has 1 saturated heterocycles. The van der Waals surface area contributed by atoms with Crippen LogP contribution in [0.1, 0.15) is 27.7 Å². The van der Waals surface area contributed by atoms with Crippen molar-refractivity contribution in [3.05, 3.63) is 6.79 Å². The third-order valence-corrected chi connectivity index (χ3v) is 2.14. The van der Waals surface area contributed by atoms with Crippen molar-refractivity contribution in [2.45, 2.75) is 38.9 Å². The molecule has 1 radical (unpaired) electrons. The molecule has 1 rings (SSSR count). The van der Waals surface area contributed by atoms with E-state index in [1.807, 2.05) is 27.7 Å². The summed E-state index contributed by atoms with van der Waals surface area (Å²) in [4.78, 5) is 0. The first-order valence-electron chi connectivity index (χ1n) is 3.13. The van der Waals surface area contributed by atoms with Crippen molar-refractivity contribution < 1.29 is 9.47 Å². The molecule has 2 nitrogen and oxygen atoms in total. The molecule has 0 atom stereocenters. The van der Waals surface area contributed by atoms with E-state index < -0.39 is 0 Å². The van der Waals surface area contributed by atoms with Crippen LogP contribution in [0.3, 0.4) is 0 Å². The van der Waals surface area contributed by atoms with Crippen molar-refractivity contribution >= 4 is 0 Å². The van der Waals surface area contributed by atoms with Crippen molar-refractivity contribution in [2.75, 3.05) is 0 Å². The number of hydrogen-bond donors (Lipinski definition) is 0. The van der Waals surface area contributed by atoms with E-state index in [-0.39, 0.29) is 11.2 Å². The van der Waals surface area contributed by atoms with E-state index >= 15 is 0 Å². The van der Waals surface area contributed by atoms with Crippen molar-refractivity contribution in [3.8, 4) is 0 Å². The molecule has 0 amide bonds. The van der Waals surface area contributed by atoms with Crippen molar-refractivity contribution in [2.24, 2.45) is 0 Å². The molecule has 0 bridgehead atoms. The first kappa shape index (κ1) is 7.03.